The van der Waals surface area contributed by atoms with Crippen LogP contribution in [0, 0.1) is 12.1 Å². The molecular formula is C20H18NO7-. The number of rotatable bonds is 5. The van der Waals surface area contributed by atoms with Gasteiger partial charge in [0.25, 0.3) is 0 Å². The molecule has 0 saturated carbocycles. The van der Waals surface area contributed by atoms with Crippen LogP contribution in [0.1, 0.15) is 40.3 Å². The molecule has 0 saturated heterocycles. The van der Waals surface area contributed by atoms with Crippen molar-refractivity contribution < 1.29 is 28.7 Å². The van der Waals surface area contributed by atoms with Crippen molar-refractivity contribution in [1.82, 2.24) is 0 Å². The fraction of sp³-hybridized carbons (Fsp3) is 0.200. The molecule has 2 aromatic carbocycles. The van der Waals surface area contributed by atoms with E-state index in [0.717, 1.165) is 0 Å². The predicted molar refractivity (Wildman–Crippen MR) is 101 cm³/mol. The van der Waals surface area contributed by atoms with Gasteiger partial charge in [0.05, 0.1) is 17.4 Å². The summed E-state index contributed by atoms with van der Waals surface area (Å²) < 4.78 is 16.2. The topological polar surface area (TPSA) is 112 Å². The van der Waals surface area contributed by atoms with Crippen molar-refractivity contribution in [2.45, 2.75) is 26.9 Å². The number of carbonyl (C=O) groups is 2. The van der Waals surface area contributed by atoms with Crippen LogP contribution in [0.25, 0.3) is 11.0 Å². The minimum absolute atomic E-state index is 0.0790. The summed E-state index contributed by atoms with van der Waals surface area (Å²) in [5.41, 5.74) is 0.701. The molecule has 0 unspecified atom stereocenters. The van der Waals surface area contributed by atoms with E-state index in [4.69, 9.17) is 19.1 Å². The van der Waals surface area contributed by atoms with E-state index < -0.39 is 11.9 Å². The molecule has 0 aliphatic heterocycles. The Hall–Kier alpha value is -3.36. The van der Waals surface area contributed by atoms with E-state index in [1.165, 1.54) is 36.4 Å². The first-order chi connectivity index (χ1) is 13.3. The van der Waals surface area contributed by atoms with Gasteiger partial charge in [-0.1, -0.05) is 6.07 Å². The summed E-state index contributed by atoms with van der Waals surface area (Å²) in [6, 6.07) is 10.0. The maximum absolute atomic E-state index is 12.4. The Morgan fingerprint density at radius 3 is 2.57 bits per heavy atom. The van der Waals surface area contributed by atoms with Crippen molar-refractivity contribution in [3.63, 3.8) is 0 Å². The zero-order chi connectivity index (χ0) is 20.4. The lowest BCUT2D eigenvalue weighted by molar-refractivity contribution is 0.0378. The Balaban J connectivity index is 1.91. The van der Waals surface area contributed by atoms with Crippen LogP contribution in [0.4, 0.5) is 5.69 Å². The number of benzene rings is 2. The van der Waals surface area contributed by atoms with Gasteiger partial charge in [0.1, 0.15) is 22.7 Å². The average Bonchev–Trinajstić information content (AvgIpc) is 2.96. The maximum atomic E-state index is 12.4. The van der Waals surface area contributed by atoms with Crippen LogP contribution in [-0.2, 0) is 4.74 Å². The van der Waals surface area contributed by atoms with Gasteiger partial charge in [0, 0.05) is 5.39 Å². The molecule has 0 fully saturated rings. The molecule has 8 heteroatoms. The standard InChI is InChI=1S/C20H18NO7/c1-11(2)26-20(23)18-12(3)27-17-8-7-15(10-16(17)18)28-19(22)13-5-4-6-14(9-13)21(24)25/h4-11,24H,1-3H3/q-1. The molecule has 1 N–H and O–H groups in total. The van der Waals surface area contributed by atoms with Crippen molar-refractivity contribution in [3.05, 3.63) is 64.6 Å². The third-order valence-electron chi connectivity index (χ3n) is 3.90. The molecule has 1 heterocycles. The lowest BCUT2D eigenvalue weighted by Gasteiger charge is -2.21. The lowest BCUT2D eigenvalue weighted by Crippen LogP contribution is -2.12. The van der Waals surface area contributed by atoms with Crippen LogP contribution in [-0.4, -0.2) is 23.2 Å². The highest BCUT2D eigenvalue weighted by atomic mass is 16.8. The molecule has 3 aromatic rings. The zero-order valence-corrected chi connectivity index (χ0v) is 15.5. The van der Waals surface area contributed by atoms with E-state index in [1.54, 1.807) is 26.8 Å². The Bertz CT molecular complexity index is 1040. The molecule has 8 nitrogen and oxygen atoms in total. The molecule has 0 radical (unpaired) electrons. The van der Waals surface area contributed by atoms with Crippen molar-refractivity contribution in [1.29, 1.82) is 0 Å². The van der Waals surface area contributed by atoms with Crippen molar-refractivity contribution >= 4 is 28.6 Å². The van der Waals surface area contributed by atoms with Crippen molar-refractivity contribution in [2.24, 2.45) is 0 Å². The van der Waals surface area contributed by atoms with Gasteiger partial charge in [-0.2, -0.15) is 0 Å². The molecular weight excluding hydrogens is 366 g/mol. The number of hydrogen-bond acceptors (Lipinski definition) is 8. The van der Waals surface area contributed by atoms with Gasteiger partial charge >= 0.3 is 11.9 Å². The lowest BCUT2D eigenvalue weighted by atomic mass is 10.1. The Labute approximate surface area is 160 Å². The number of fused-ring (bicyclic) bond motifs is 1. The van der Waals surface area contributed by atoms with E-state index in [1.807, 2.05) is 0 Å². The zero-order valence-electron chi connectivity index (χ0n) is 15.5. The van der Waals surface area contributed by atoms with Crippen molar-refractivity contribution in [2.75, 3.05) is 5.23 Å². The SMILES string of the molecule is Cc1oc2ccc(OC(=O)c3cccc(N([O-])O)c3)cc2c1C(=O)OC(C)C. The highest BCUT2D eigenvalue weighted by Gasteiger charge is 2.21. The summed E-state index contributed by atoms with van der Waals surface area (Å²) in [4.78, 5) is 24.7. The second kappa shape index (κ2) is 7.71. The van der Waals surface area contributed by atoms with Crippen molar-refractivity contribution in [3.8, 4) is 5.75 Å². The Morgan fingerprint density at radius 2 is 1.89 bits per heavy atom. The molecule has 0 bridgehead atoms. The minimum Gasteiger partial charge on any atom is -0.733 e. The number of carbonyl (C=O) groups excluding carboxylic acids is 2. The molecule has 146 valence electrons. The van der Waals surface area contributed by atoms with E-state index >= 15 is 0 Å². The summed E-state index contributed by atoms with van der Waals surface area (Å²) in [7, 11) is 0. The number of esters is 2. The van der Waals surface area contributed by atoms with Gasteiger partial charge in [-0.25, -0.2) is 9.59 Å². The predicted octanol–water partition coefficient (Wildman–Crippen LogP) is 4.22. The summed E-state index contributed by atoms with van der Waals surface area (Å²) in [5.74, 6) is -0.670. The number of hydrogen-bond donors (Lipinski definition) is 1. The Kier molecular flexibility index (Phi) is 5.34. The Morgan fingerprint density at radius 1 is 1.14 bits per heavy atom. The summed E-state index contributed by atoms with van der Waals surface area (Å²) in [5, 5.41) is 20.0. The summed E-state index contributed by atoms with van der Waals surface area (Å²) >= 11 is 0. The van der Waals surface area contributed by atoms with Gasteiger partial charge in [-0.15, -0.1) is 0 Å². The molecule has 0 aliphatic rings. The number of nitrogens with zero attached hydrogens (tertiary/aromatic N) is 1. The fourth-order valence-corrected chi connectivity index (χ4v) is 2.71. The largest absolute Gasteiger partial charge is 0.733 e. The third kappa shape index (κ3) is 3.98. The van der Waals surface area contributed by atoms with Crippen LogP contribution < -0.4 is 9.96 Å². The molecule has 3 rings (SSSR count). The van der Waals surface area contributed by atoms with Crippen LogP contribution in [0.15, 0.2) is 46.9 Å². The monoisotopic (exact) mass is 384 g/mol. The fourth-order valence-electron chi connectivity index (χ4n) is 2.71. The highest BCUT2D eigenvalue weighted by molar-refractivity contribution is 6.05. The van der Waals surface area contributed by atoms with Crippen LogP contribution in [0.3, 0.4) is 0 Å². The number of furan rings is 1. The number of ether oxygens (including phenoxy) is 2. The van der Waals surface area contributed by atoms with Gasteiger partial charge in [0.15, 0.2) is 0 Å². The van der Waals surface area contributed by atoms with E-state index in [2.05, 4.69) is 0 Å². The number of aryl methyl sites for hydroxylation is 1. The molecule has 0 amide bonds. The van der Waals surface area contributed by atoms with Crippen LogP contribution >= 0.6 is 0 Å². The van der Waals surface area contributed by atoms with Crippen LogP contribution in [0.5, 0.6) is 5.75 Å². The third-order valence-corrected chi connectivity index (χ3v) is 3.90. The van der Waals surface area contributed by atoms with Gasteiger partial charge in [0.2, 0.25) is 0 Å². The second-order valence-electron chi connectivity index (χ2n) is 6.36. The second-order valence-corrected chi connectivity index (χ2v) is 6.36. The van der Waals surface area contributed by atoms with Gasteiger partial charge in [-0.05, 0) is 57.2 Å². The molecule has 0 atom stereocenters. The van der Waals surface area contributed by atoms with E-state index in [9.17, 15) is 14.8 Å². The molecule has 28 heavy (non-hydrogen) atoms. The number of anilines is 1. The normalized spacial score (nSPS) is 10.9. The quantitative estimate of drug-likeness (QED) is 0.395. The van der Waals surface area contributed by atoms with E-state index in [-0.39, 0.29) is 33.9 Å². The first-order valence-corrected chi connectivity index (χ1v) is 8.48. The summed E-state index contributed by atoms with van der Waals surface area (Å²) in [6.45, 7) is 5.14. The van der Waals surface area contributed by atoms with Gasteiger partial charge < -0.3 is 24.3 Å². The molecule has 0 aliphatic carbocycles. The summed E-state index contributed by atoms with van der Waals surface area (Å²) in [6.07, 6.45) is -0.294. The first kappa shape index (κ1) is 19.4. The average molecular weight is 384 g/mol. The highest BCUT2D eigenvalue weighted by Crippen LogP contribution is 2.30. The molecule has 1 aromatic heterocycles. The first-order valence-electron chi connectivity index (χ1n) is 8.48. The molecule has 0 spiro atoms. The maximum Gasteiger partial charge on any atom is 0.343 e. The van der Waals surface area contributed by atoms with Crippen LogP contribution in [0.2, 0.25) is 0 Å². The minimum atomic E-state index is -0.727. The van der Waals surface area contributed by atoms with Gasteiger partial charge in [-0.3, -0.25) is 5.21 Å². The van der Waals surface area contributed by atoms with E-state index in [0.29, 0.717) is 16.7 Å². The smallest absolute Gasteiger partial charge is 0.343 e.